The van der Waals surface area contributed by atoms with Crippen molar-refractivity contribution >= 4 is 5.91 Å². The number of carbonyl (C=O) groups excluding carboxylic acids is 1. The average molecular weight is 228 g/mol. The van der Waals surface area contributed by atoms with E-state index in [0.29, 0.717) is 12.5 Å². The predicted octanol–water partition coefficient (Wildman–Crippen LogP) is 2.32. The summed E-state index contributed by atoms with van der Waals surface area (Å²) in [6.07, 6.45) is 1.54. The highest BCUT2D eigenvalue weighted by Crippen LogP contribution is 2.18. The first-order valence-corrected chi connectivity index (χ1v) is 6.30. The Morgan fingerprint density at radius 2 is 1.81 bits per heavy atom. The number of nitrogens with one attached hydrogen (secondary N) is 2. The number of hydrogen-bond donors (Lipinski definition) is 2. The lowest BCUT2D eigenvalue weighted by Gasteiger charge is -2.28. The van der Waals surface area contributed by atoms with E-state index in [4.69, 9.17) is 0 Å². The van der Waals surface area contributed by atoms with Crippen LogP contribution in [0.15, 0.2) is 0 Å². The van der Waals surface area contributed by atoms with Crippen LogP contribution in [0.25, 0.3) is 0 Å². The van der Waals surface area contributed by atoms with E-state index in [-0.39, 0.29) is 17.4 Å². The van der Waals surface area contributed by atoms with Crippen molar-refractivity contribution in [3.05, 3.63) is 0 Å². The molecule has 0 unspecified atom stereocenters. The van der Waals surface area contributed by atoms with Crippen LogP contribution in [0, 0.1) is 5.41 Å². The fourth-order valence-corrected chi connectivity index (χ4v) is 1.16. The fourth-order valence-electron chi connectivity index (χ4n) is 1.16. The van der Waals surface area contributed by atoms with Gasteiger partial charge in [0.05, 0.1) is 0 Å². The lowest BCUT2D eigenvalue weighted by molar-refractivity contribution is -0.121. The van der Waals surface area contributed by atoms with Gasteiger partial charge in [0.2, 0.25) is 5.91 Å². The largest absolute Gasteiger partial charge is 0.354 e. The van der Waals surface area contributed by atoms with E-state index in [9.17, 15) is 4.79 Å². The van der Waals surface area contributed by atoms with E-state index < -0.39 is 0 Å². The minimum atomic E-state index is 0.142. The molecule has 0 aliphatic carbocycles. The smallest absolute Gasteiger partial charge is 0.221 e. The standard InChI is InChI=1S/C13H28N2O/c1-7-10(2)15-12(16)8-9-14-11(3)13(4,5)6/h10-11,14H,7-9H2,1-6H3,(H,15,16)/t10-,11+/m1/s1. The zero-order valence-electron chi connectivity index (χ0n) is 11.7. The van der Waals surface area contributed by atoms with Gasteiger partial charge < -0.3 is 10.6 Å². The van der Waals surface area contributed by atoms with Crippen molar-refractivity contribution in [1.29, 1.82) is 0 Å². The SMILES string of the molecule is CC[C@@H](C)NC(=O)CCN[C@@H](C)C(C)(C)C. The van der Waals surface area contributed by atoms with Crippen LogP contribution in [0.4, 0.5) is 0 Å². The van der Waals surface area contributed by atoms with Gasteiger partial charge in [0.1, 0.15) is 0 Å². The van der Waals surface area contributed by atoms with Crippen LogP contribution >= 0.6 is 0 Å². The second kappa shape index (κ2) is 6.89. The van der Waals surface area contributed by atoms with Gasteiger partial charge >= 0.3 is 0 Å². The molecule has 0 aromatic rings. The highest BCUT2D eigenvalue weighted by molar-refractivity contribution is 5.76. The molecule has 0 aromatic carbocycles. The molecule has 96 valence electrons. The molecule has 3 nitrogen and oxygen atoms in total. The highest BCUT2D eigenvalue weighted by atomic mass is 16.1. The van der Waals surface area contributed by atoms with E-state index >= 15 is 0 Å². The van der Waals surface area contributed by atoms with Gasteiger partial charge in [-0.05, 0) is 25.7 Å². The van der Waals surface area contributed by atoms with Crippen LogP contribution in [-0.4, -0.2) is 24.5 Å². The van der Waals surface area contributed by atoms with Gasteiger partial charge in [0.25, 0.3) is 0 Å². The Balaban J connectivity index is 3.70. The van der Waals surface area contributed by atoms with Crippen molar-refractivity contribution in [3.63, 3.8) is 0 Å². The Kier molecular flexibility index (Phi) is 6.65. The maximum atomic E-state index is 11.5. The molecule has 16 heavy (non-hydrogen) atoms. The first-order chi connectivity index (χ1) is 7.27. The van der Waals surface area contributed by atoms with Crippen molar-refractivity contribution in [3.8, 4) is 0 Å². The van der Waals surface area contributed by atoms with E-state index in [1.165, 1.54) is 0 Å². The Bertz CT molecular complexity index is 208. The highest BCUT2D eigenvalue weighted by Gasteiger charge is 2.19. The minimum absolute atomic E-state index is 0.142. The van der Waals surface area contributed by atoms with Crippen LogP contribution in [0.1, 0.15) is 54.4 Å². The fraction of sp³-hybridized carbons (Fsp3) is 0.923. The molecule has 0 aromatic heterocycles. The second-order valence-electron chi connectivity index (χ2n) is 5.67. The lowest BCUT2D eigenvalue weighted by Crippen LogP contribution is -2.40. The van der Waals surface area contributed by atoms with Crippen LogP contribution in [0.3, 0.4) is 0 Å². The summed E-state index contributed by atoms with van der Waals surface area (Å²) in [6.45, 7) is 13.6. The summed E-state index contributed by atoms with van der Waals surface area (Å²) in [4.78, 5) is 11.5. The number of hydrogen-bond acceptors (Lipinski definition) is 2. The molecule has 1 amide bonds. The molecule has 0 heterocycles. The molecule has 0 bridgehead atoms. The Labute approximate surface area is 100 Å². The van der Waals surface area contributed by atoms with Crippen LogP contribution in [-0.2, 0) is 4.79 Å². The van der Waals surface area contributed by atoms with E-state index in [0.717, 1.165) is 13.0 Å². The molecule has 3 heteroatoms. The summed E-state index contributed by atoms with van der Waals surface area (Å²) < 4.78 is 0. The monoisotopic (exact) mass is 228 g/mol. The van der Waals surface area contributed by atoms with Gasteiger partial charge in [-0.2, -0.15) is 0 Å². The van der Waals surface area contributed by atoms with Gasteiger partial charge in [-0.15, -0.1) is 0 Å². The van der Waals surface area contributed by atoms with Gasteiger partial charge in [-0.1, -0.05) is 27.7 Å². The molecule has 0 radical (unpaired) electrons. The summed E-state index contributed by atoms with van der Waals surface area (Å²) in [7, 11) is 0. The zero-order valence-corrected chi connectivity index (χ0v) is 11.7. The summed E-state index contributed by atoms with van der Waals surface area (Å²) in [5.41, 5.74) is 0.243. The first-order valence-electron chi connectivity index (χ1n) is 6.30. The summed E-state index contributed by atoms with van der Waals surface area (Å²) in [5, 5.41) is 6.35. The quantitative estimate of drug-likeness (QED) is 0.732. The lowest BCUT2D eigenvalue weighted by atomic mass is 9.88. The number of amides is 1. The van der Waals surface area contributed by atoms with E-state index in [1.807, 2.05) is 6.92 Å². The Hall–Kier alpha value is -0.570. The third-order valence-corrected chi connectivity index (χ3v) is 3.12. The summed E-state index contributed by atoms with van der Waals surface area (Å²) in [5.74, 6) is 0.142. The molecule has 0 saturated carbocycles. The molecule has 0 rings (SSSR count). The maximum Gasteiger partial charge on any atom is 0.221 e. The van der Waals surface area contributed by atoms with Crippen molar-refractivity contribution in [1.82, 2.24) is 10.6 Å². The normalized spacial score (nSPS) is 15.6. The topological polar surface area (TPSA) is 41.1 Å². The van der Waals surface area contributed by atoms with Crippen molar-refractivity contribution in [2.24, 2.45) is 5.41 Å². The Morgan fingerprint density at radius 3 is 2.25 bits per heavy atom. The summed E-state index contributed by atoms with van der Waals surface area (Å²) in [6, 6.07) is 0.705. The van der Waals surface area contributed by atoms with Gasteiger partial charge in [-0.3, -0.25) is 4.79 Å². The molecule has 2 N–H and O–H groups in total. The molecule has 0 fully saturated rings. The molecule has 0 spiro atoms. The van der Waals surface area contributed by atoms with Crippen LogP contribution < -0.4 is 10.6 Å². The number of carbonyl (C=O) groups is 1. The molecular formula is C13H28N2O. The van der Waals surface area contributed by atoms with Crippen LogP contribution in [0.2, 0.25) is 0 Å². The minimum Gasteiger partial charge on any atom is -0.354 e. The van der Waals surface area contributed by atoms with Gasteiger partial charge in [0, 0.05) is 25.0 Å². The van der Waals surface area contributed by atoms with E-state index in [2.05, 4.69) is 45.3 Å². The van der Waals surface area contributed by atoms with Crippen molar-refractivity contribution < 1.29 is 4.79 Å². The molecule has 2 atom stereocenters. The second-order valence-corrected chi connectivity index (χ2v) is 5.67. The van der Waals surface area contributed by atoms with E-state index in [1.54, 1.807) is 0 Å². The van der Waals surface area contributed by atoms with Gasteiger partial charge in [0.15, 0.2) is 0 Å². The average Bonchev–Trinajstić information content (AvgIpc) is 2.15. The molecule has 0 aliphatic heterocycles. The van der Waals surface area contributed by atoms with Crippen LogP contribution in [0.5, 0.6) is 0 Å². The summed E-state index contributed by atoms with van der Waals surface area (Å²) >= 11 is 0. The zero-order chi connectivity index (χ0) is 12.8. The van der Waals surface area contributed by atoms with Crippen molar-refractivity contribution in [2.45, 2.75) is 66.5 Å². The third-order valence-electron chi connectivity index (χ3n) is 3.12. The molecule has 0 aliphatic rings. The van der Waals surface area contributed by atoms with Crippen molar-refractivity contribution in [2.75, 3.05) is 6.54 Å². The van der Waals surface area contributed by atoms with Gasteiger partial charge in [-0.25, -0.2) is 0 Å². The maximum absolute atomic E-state index is 11.5. The first kappa shape index (κ1) is 15.4. The Morgan fingerprint density at radius 1 is 1.25 bits per heavy atom. The predicted molar refractivity (Wildman–Crippen MR) is 69.4 cm³/mol. The molecular weight excluding hydrogens is 200 g/mol. The number of rotatable bonds is 6. The molecule has 0 saturated heterocycles. The third kappa shape index (κ3) is 6.83.